The Balaban J connectivity index is 1.48. The van der Waals surface area contributed by atoms with E-state index >= 15 is 0 Å². The van der Waals surface area contributed by atoms with E-state index in [0.717, 1.165) is 27.7 Å². The molecule has 0 saturated heterocycles. The van der Waals surface area contributed by atoms with Crippen molar-refractivity contribution in [2.75, 3.05) is 0 Å². The van der Waals surface area contributed by atoms with Gasteiger partial charge in [0.2, 0.25) is 5.91 Å². The van der Waals surface area contributed by atoms with Crippen LogP contribution in [0.15, 0.2) is 77.3 Å². The third-order valence-electron chi connectivity index (χ3n) is 4.98. The summed E-state index contributed by atoms with van der Waals surface area (Å²) >= 11 is 3.32. The third kappa shape index (κ3) is 4.67. The lowest BCUT2D eigenvalue weighted by Crippen LogP contribution is -2.41. The van der Waals surface area contributed by atoms with Crippen LogP contribution in [0.3, 0.4) is 0 Å². The number of hydrogen-bond acceptors (Lipinski definition) is 2. The van der Waals surface area contributed by atoms with Gasteiger partial charge in [-0.3, -0.25) is 20.4 Å². The number of aromatic nitrogens is 1. The highest BCUT2D eigenvalue weighted by molar-refractivity contribution is 9.10. The number of H-pyrrole nitrogens is 1. The van der Waals surface area contributed by atoms with E-state index in [4.69, 9.17) is 0 Å². The summed E-state index contributed by atoms with van der Waals surface area (Å²) in [5, 5.41) is 1.01. The molecule has 3 aromatic carbocycles. The predicted molar refractivity (Wildman–Crippen MR) is 122 cm³/mol. The molecule has 0 radical (unpaired) electrons. The fraction of sp³-hybridized carbons (Fsp3) is 0.0833. The quantitative estimate of drug-likeness (QED) is 0.347. The number of benzene rings is 3. The number of nitrogens with one attached hydrogen (secondary N) is 3. The van der Waals surface area contributed by atoms with Crippen LogP contribution in [0.2, 0.25) is 0 Å². The number of carbonyl (C=O) groups excluding carboxylic acids is 2. The number of amides is 2. The molecule has 31 heavy (non-hydrogen) atoms. The second-order valence-electron chi connectivity index (χ2n) is 7.01. The van der Waals surface area contributed by atoms with Gasteiger partial charge in [-0.05, 0) is 75.9 Å². The van der Waals surface area contributed by atoms with Crippen LogP contribution in [0.25, 0.3) is 22.2 Å². The minimum atomic E-state index is -0.403. The van der Waals surface area contributed by atoms with Crippen LogP contribution in [-0.2, 0) is 11.2 Å². The topological polar surface area (TPSA) is 74.0 Å². The first-order chi connectivity index (χ1) is 15.0. The molecule has 7 heteroatoms. The Morgan fingerprint density at radius 1 is 0.903 bits per heavy atom. The van der Waals surface area contributed by atoms with Gasteiger partial charge in [-0.25, -0.2) is 4.39 Å². The zero-order chi connectivity index (χ0) is 21.8. The molecule has 2 amide bonds. The van der Waals surface area contributed by atoms with Gasteiger partial charge in [0, 0.05) is 27.5 Å². The average molecular weight is 480 g/mol. The van der Waals surface area contributed by atoms with Crippen molar-refractivity contribution >= 4 is 38.6 Å². The van der Waals surface area contributed by atoms with E-state index < -0.39 is 5.91 Å². The maximum Gasteiger partial charge on any atom is 0.270 e. The minimum Gasteiger partial charge on any atom is -0.354 e. The van der Waals surface area contributed by atoms with Gasteiger partial charge in [0.05, 0.1) is 5.56 Å². The number of para-hydroxylation sites is 1. The van der Waals surface area contributed by atoms with Crippen molar-refractivity contribution in [2.24, 2.45) is 0 Å². The van der Waals surface area contributed by atoms with E-state index in [9.17, 15) is 14.0 Å². The maximum atomic E-state index is 13.4. The van der Waals surface area contributed by atoms with Crippen LogP contribution in [0.5, 0.6) is 0 Å². The third-order valence-corrected chi connectivity index (χ3v) is 5.67. The molecule has 0 atom stereocenters. The summed E-state index contributed by atoms with van der Waals surface area (Å²) in [4.78, 5) is 28.0. The summed E-state index contributed by atoms with van der Waals surface area (Å²) in [6.07, 6.45) is 0.625. The fourth-order valence-electron chi connectivity index (χ4n) is 3.46. The molecule has 0 aliphatic rings. The Morgan fingerprint density at radius 2 is 1.61 bits per heavy atom. The first kappa shape index (κ1) is 20.8. The highest BCUT2D eigenvalue weighted by Gasteiger charge is 2.15. The summed E-state index contributed by atoms with van der Waals surface area (Å²) in [6, 6.07) is 21.0. The van der Waals surface area contributed by atoms with Gasteiger partial charge in [-0.15, -0.1) is 0 Å². The van der Waals surface area contributed by atoms with Crippen molar-refractivity contribution < 1.29 is 14.0 Å². The van der Waals surface area contributed by atoms with E-state index in [1.54, 1.807) is 36.4 Å². The normalized spacial score (nSPS) is 10.8. The molecular formula is C24H19BrFN3O2. The molecule has 156 valence electrons. The van der Waals surface area contributed by atoms with Gasteiger partial charge in [0.15, 0.2) is 0 Å². The first-order valence-corrected chi connectivity index (χ1v) is 10.5. The Kier molecular flexibility index (Phi) is 6.13. The predicted octanol–water partition coefficient (Wildman–Crippen LogP) is 5.13. The van der Waals surface area contributed by atoms with E-state index in [0.29, 0.717) is 16.5 Å². The number of hydrogen-bond donors (Lipinski definition) is 3. The maximum absolute atomic E-state index is 13.4. The molecule has 0 spiro atoms. The largest absolute Gasteiger partial charge is 0.354 e. The van der Waals surface area contributed by atoms with E-state index in [-0.39, 0.29) is 18.1 Å². The van der Waals surface area contributed by atoms with Crippen molar-refractivity contribution in [3.05, 3.63) is 94.2 Å². The Morgan fingerprint density at radius 3 is 2.39 bits per heavy atom. The highest BCUT2D eigenvalue weighted by atomic mass is 79.9. The van der Waals surface area contributed by atoms with Gasteiger partial charge in [-0.1, -0.05) is 30.3 Å². The number of aromatic amines is 1. The lowest BCUT2D eigenvalue weighted by atomic mass is 10.0. The molecule has 0 fully saturated rings. The summed E-state index contributed by atoms with van der Waals surface area (Å²) in [5.41, 5.74) is 8.94. The summed E-state index contributed by atoms with van der Waals surface area (Å²) in [5.74, 6) is -1.02. The van der Waals surface area contributed by atoms with Crippen LogP contribution < -0.4 is 10.9 Å². The number of carbonyl (C=O) groups is 2. The Bertz CT molecular complexity index is 1250. The smallest absolute Gasteiger partial charge is 0.270 e. The second kappa shape index (κ2) is 9.14. The van der Waals surface area contributed by atoms with Crippen molar-refractivity contribution in [3.63, 3.8) is 0 Å². The van der Waals surface area contributed by atoms with Gasteiger partial charge in [0.1, 0.15) is 5.82 Å². The molecular weight excluding hydrogens is 461 g/mol. The van der Waals surface area contributed by atoms with Gasteiger partial charge < -0.3 is 4.98 Å². The summed E-state index contributed by atoms with van der Waals surface area (Å²) in [7, 11) is 0. The molecule has 0 aliphatic heterocycles. The number of aryl methyl sites for hydroxylation is 1. The lowest BCUT2D eigenvalue weighted by molar-refractivity contribution is -0.121. The van der Waals surface area contributed by atoms with Crippen molar-refractivity contribution in [2.45, 2.75) is 12.8 Å². The van der Waals surface area contributed by atoms with E-state index in [1.807, 2.05) is 24.3 Å². The van der Waals surface area contributed by atoms with Gasteiger partial charge in [-0.2, -0.15) is 0 Å². The molecule has 1 aromatic heterocycles. The Hall–Kier alpha value is -3.45. The molecule has 0 aliphatic carbocycles. The summed E-state index contributed by atoms with van der Waals surface area (Å²) in [6.45, 7) is 0. The van der Waals surface area contributed by atoms with Gasteiger partial charge >= 0.3 is 0 Å². The highest BCUT2D eigenvalue weighted by Crippen LogP contribution is 2.31. The number of halogens is 2. The molecule has 5 nitrogen and oxygen atoms in total. The van der Waals surface area contributed by atoms with Crippen molar-refractivity contribution in [1.29, 1.82) is 0 Å². The van der Waals surface area contributed by atoms with Crippen LogP contribution in [0.1, 0.15) is 22.3 Å². The van der Waals surface area contributed by atoms with Crippen LogP contribution >= 0.6 is 15.9 Å². The van der Waals surface area contributed by atoms with Crippen molar-refractivity contribution in [3.8, 4) is 11.3 Å². The molecule has 0 bridgehead atoms. The molecule has 4 aromatic rings. The summed E-state index contributed by atoms with van der Waals surface area (Å²) < 4.78 is 14.0. The van der Waals surface area contributed by atoms with Crippen LogP contribution in [0.4, 0.5) is 4.39 Å². The van der Waals surface area contributed by atoms with Crippen LogP contribution in [-0.4, -0.2) is 16.8 Å². The monoisotopic (exact) mass is 479 g/mol. The van der Waals surface area contributed by atoms with Gasteiger partial charge in [0.25, 0.3) is 5.91 Å². The number of rotatable bonds is 5. The standard InChI is InChI=1S/C24H19BrFN3O2/c25-20-7-3-1-6-19(20)24(31)29-28-22(30)14-13-18-17-5-2-4-8-21(17)27-23(18)15-9-11-16(26)12-10-15/h1-12,27H,13-14H2,(H,28,30)(H,29,31). The zero-order valence-electron chi connectivity index (χ0n) is 16.4. The number of hydrazine groups is 1. The SMILES string of the molecule is O=C(CCc1c(-c2ccc(F)cc2)[nH]c2ccccc12)NNC(=O)c1ccccc1Br. The lowest BCUT2D eigenvalue weighted by Gasteiger charge is -2.09. The van der Waals surface area contributed by atoms with E-state index in [1.165, 1.54) is 12.1 Å². The van der Waals surface area contributed by atoms with E-state index in [2.05, 4.69) is 31.8 Å². The van der Waals surface area contributed by atoms with Crippen molar-refractivity contribution in [1.82, 2.24) is 15.8 Å². The fourth-order valence-corrected chi connectivity index (χ4v) is 3.93. The number of fused-ring (bicyclic) bond motifs is 1. The molecule has 1 heterocycles. The molecule has 3 N–H and O–H groups in total. The first-order valence-electron chi connectivity index (χ1n) is 9.72. The second-order valence-corrected chi connectivity index (χ2v) is 7.87. The zero-order valence-corrected chi connectivity index (χ0v) is 18.0. The molecule has 0 saturated carbocycles. The molecule has 0 unspecified atom stereocenters. The average Bonchev–Trinajstić information content (AvgIpc) is 3.15. The minimum absolute atomic E-state index is 0.173. The Labute approximate surface area is 186 Å². The molecule has 4 rings (SSSR count). The van der Waals surface area contributed by atoms with Crippen LogP contribution in [0, 0.1) is 5.82 Å².